The summed E-state index contributed by atoms with van der Waals surface area (Å²) in [4.78, 5) is 14.7. The summed E-state index contributed by atoms with van der Waals surface area (Å²) < 4.78 is 12.8. The molecule has 0 radical (unpaired) electrons. The van der Waals surface area contributed by atoms with Gasteiger partial charge in [0.25, 0.3) is 5.91 Å². The third-order valence-corrected chi connectivity index (χ3v) is 4.61. The Hall–Kier alpha value is -2.34. The first-order valence-electron chi connectivity index (χ1n) is 8.58. The summed E-state index contributed by atoms with van der Waals surface area (Å²) in [6.45, 7) is 4.58. The van der Waals surface area contributed by atoms with Crippen LogP contribution in [0.15, 0.2) is 30.3 Å². The van der Waals surface area contributed by atoms with Crippen LogP contribution in [-0.4, -0.2) is 47.4 Å². The lowest BCUT2D eigenvalue weighted by atomic mass is 10.1. The molecule has 0 saturated carbocycles. The van der Waals surface area contributed by atoms with E-state index in [1.807, 2.05) is 30.0 Å². The van der Waals surface area contributed by atoms with E-state index in [4.69, 9.17) is 9.47 Å². The molecule has 134 valence electrons. The predicted molar refractivity (Wildman–Crippen MR) is 94.6 cm³/mol. The van der Waals surface area contributed by atoms with Crippen molar-refractivity contribution in [3.8, 4) is 5.88 Å². The second-order valence-corrected chi connectivity index (χ2v) is 6.50. The van der Waals surface area contributed by atoms with Crippen molar-refractivity contribution in [2.45, 2.75) is 20.0 Å². The summed E-state index contributed by atoms with van der Waals surface area (Å²) in [5.74, 6) is 0.884. The van der Waals surface area contributed by atoms with Gasteiger partial charge in [-0.25, -0.2) is 4.68 Å². The van der Waals surface area contributed by atoms with Crippen molar-refractivity contribution in [3.05, 3.63) is 47.2 Å². The summed E-state index contributed by atoms with van der Waals surface area (Å²) >= 11 is 0. The van der Waals surface area contributed by atoms with Gasteiger partial charge in [0.1, 0.15) is 5.56 Å². The molecule has 6 heteroatoms. The topological polar surface area (TPSA) is 56.6 Å². The number of ether oxygens (including phenoxy) is 2. The van der Waals surface area contributed by atoms with Crippen molar-refractivity contribution in [2.75, 3.05) is 26.8 Å². The largest absolute Gasteiger partial charge is 0.481 e. The Balaban J connectivity index is 1.55. The first-order valence-corrected chi connectivity index (χ1v) is 8.58. The fraction of sp³-hybridized carbons (Fsp3) is 0.474. The van der Waals surface area contributed by atoms with Crippen molar-refractivity contribution in [3.63, 3.8) is 0 Å². The Morgan fingerprint density at radius 3 is 2.80 bits per heavy atom. The van der Waals surface area contributed by atoms with E-state index < -0.39 is 0 Å². The average molecular weight is 343 g/mol. The molecule has 0 bridgehead atoms. The molecule has 1 fully saturated rings. The smallest absolute Gasteiger partial charge is 0.261 e. The fourth-order valence-electron chi connectivity index (χ4n) is 3.35. The highest BCUT2D eigenvalue weighted by Gasteiger charge is 2.31. The van der Waals surface area contributed by atoms with Gasteiger partial charge in [-0.05, 0) is 18.9 Å². The van der Waals surface area contributed by atoms with Crippen LogP contribution < -0.4 is 4.74 Å². The van der Waals surface area contributed by atoms with Crippen LogP contribution in [0.5, 0.6) is 5.88 Å². The van der Waals surface area contributed by atoms with Crippen molar-refractivity contribution < 1.29 is 14.3 Å². The van der Waals surface area contributed by atoms with Crippen LogP contribution in [0.2, 0.25) is 0 Å². The minimum Gasteiger partial charge on any atom is -0.481 e. The number of nitrogens with zero attached hydrogens (tertiary/aromatic N) is 3. The standard InChI is InChI=1S/C19H25N3O3/c1-14-17(19(24-3)21(2)20-14)18(23)22-10-9-16(11-22)13-25-12-15-7-5-4-6-8-15/h4-8,16H,9-13H2,1-3H3/t16-/m1/s1. The minimum absolute atomic E-state index is 0.00647. The lowest BCUT2D eigenvalue weighted by Gasteiger charge is -2.17. The molecule has 0 spiro atoms. The van der Waals surface area contributed by atoms with E-state index in [-0.39, 0.29) is 5.91 Å². The molecule has 0 aliphatic carbocycles. The zero-order valence-electron chi connectivity index (χ0n) is 15.1. The molecule has 1 atom stereocenters. The molecule has 0 N–H and O–H groups in total. The number of carbonyl (C=O) groups is 1. The number of aryl methyl sites for hydroxylation is 2. The maximum Gasteiger partial charge on any atom is 0.261 e. The Morgan fingerprint density at radius 2 is 2.08 bits per heavy atom. The van der Waals surface area contributed by atoms with Crippen LogP contribution in [-0.2, 0) is 18.4 Å². The summed E-state index contributed by atoms with van der Waals surface area (Å²) in [6.07, 6.45) is 0.960. The number of likely N-dealkylation sites (tertiary alicyclic amines) is 1. The molecule has 0 unspecified atom stereocenters. The van der Waals surface area contributed by atoms with E-state index in [2.05, 4.69) is 17.2 Å². The summed E-state index contributed by atoms with van der Waals surface area (Å²) in [5.41, 5.74) is 2.44. The van der Waals surface area contributed by atoms with Crippen LogP contribution >= 0.6 is 0 Å². The lowest BCUT2D eigenvalue weighted by molar-refractivity contribution is 0.0729. The molecule has 1 aliphatic rings. The molecular formula is C19H25N3O3. The summed E-state index contributed by atoms with van der Waals surface area (Å²) in [6, 6.07) is 10.1. The zero-order valence-corrected chi connectivity index (χ0v) is 15.1. The molecule has 6 nitrogen and oxygen atoms in total. The number of methoxy groups -OCH3 is 1. The number of rotatable bonds is 6. The van der Waals surface area contributed by atoms with Gasteiger partial charge in [0.15, 0.2) is 0 Å². The molecule has 2 heterocycles. The number of hydrogen-bond acceptors (Lipinski definition) is 4. The second-order valence-electron chi connectivity index (χ2n) is 6.50. The Bertz CT molecular complexity index is 727. The van der Waals surface area contributed by atoms with Crippen LogP contribution in [0.3, 0.4) is 0 Å². The molecular weight excluding hydrogens is 318 g/mol. The van der Waals surface area contributed by atoms with Gasteiger partial charge in [-0.1, -0.05) is 30.3 Å². The highest BCUT2D eigenvalue weighted by molar-refractivity contribution is 5.97. The number of carbonyl (C=O) groups excluding carboxylic acids is 1. The molecule has 3 rings (SSSR count). The molecule has 25 heavy (non-hydrogen) atoms. The molecule has 1 aliphatic heterocycles. The van der Waals surface area contributed by atoms with Gasteiger partial charge < -0.3 is 14.4 Å². The fourth-order valence-corrected chi connectivity index (χ4v) is 3.35. The molecule has 1 aromatic heterocycles. The van der Waals surface area contributed by atoms with Gasteiger partial charge >= 0.3 is 0 Å². The van der Waals surface area contributed by atoms with E-state index in [1.54, 1.807) is 18.8 Å². The molecule has 1 aromatic carbocycles. The van der Waals surface area contributed by atoms with Crippen LogP contribution in [0.25, 0.3) is 0 Å². The Kier molecular flexibility index (Phi) is 5.38. The monoisotopic (exact) mass is 343 g/mol. The summed E-state index contributed by atoms with van der Waals surface area (Å²) in [5, 5.41) is 4.30. The normalized spacial score (nSPS) is 17.1. The van der Waals surface area contributed by atoms with Gasteiger partial charge in [-0.2, -0.15) is 5.10 Å². The predicted octanol–water partition coefficient (Wildman–Crippen LogP) is 2.42. The number of amides is 1. The third kappa shape index (κ3) is 3.85. The maximum absolute atomic E-state index is 12.9. The highest BCUT2D eigenvalue weighted by atomic mass is 16.5. The van der Waals surface area contributed by atoms with Crippen LogP contribution in [0, 0.1) is 12.8 Å². The van der Waals surface area contributed by atoms with Crippen molar-refractivity contribution in [2.24, 2.45) is 13.0 Å². The maximum atomic E-state index is 12.9. The van der Waals surface area contributed by atoms with E-state index in [0.717, 1.165) is 13.0 Å². The van der Waals surface area contributed by atoms with Crippen molar-refractivity contribution in [1.29, 1.82) is 0 Å². The SMILES string of the molecule is COc1c(C(=O)N2CC[C@@H](COCc3ccccc3)C2)c(C)nn1C. The number of hydrogen-bond donors (Lipinski definition) is 0. The van der Waals surface area contributed by atoms with Gasteiger partial charge in [0, 0.05) is 26.1 Å². The number of benzene rings is 1. The van der Waals surface area contributed by atoms with Gasteiger partial charge in [-0.15, -0.1) is 0 Å². The van der Waals surface area contributed by atoms with Gasteiger partial charge in [0.05, 0.1) is 26.0 Å². The molecule has 1 amide bonds. The van der Waals surface area contributed by atoms with E-state index in [9.17, 15) is 4.79 Å². The average Bonchev–Trinajstić information content (AvgIpc) is 3.19. The zero-order chi connectivity index (χ0) is 17.8. The first-order chi connectivity index (χ1) is 12.1. The minimum atomic E-state index is -0.00647. The molecule has 2 aromatic rings. The third-order valence-electron chi connectivity index (χ3n) is 4.61. The number of aromatic nitrogens is 2. The van der Waals surface area contributed by atoms with E-state index >= 15 is 0 Å². The first kappa shape index (κ1) is 17.5. The van der Waals surface area contributed by atoms with Gasteiger partial charge in [0.2, 0.25) is 5.88 Å². The van der Waals surface area contributed by atoms with E-state index in [0.29, 0.717) is 42.8 Å². The van der Waals surface area contributed by atoms with Gasteiger partial charge in [-0.3, -0.25) is 4.79 Å². The highest BCUT2D eigenvalue weighted by Crippen LogP contribution is 2.26. The van der Waals surface area contributed by atoms with Crippen LogP contribution in [0.1, 0.15) is 28.0 Å². The van der Waals surface area contributed by atoms with Crippen molar-refractivity contribution >= 4 is 5.91 Å². The summed E-state index contributed by atoms with van der Waals surface area (Å²) in [7, 11) is 3.35. The van der Waals surface area contributed by atoms with Crippen LogP contribution in [0.4, 0.5) is 0 Å². The van der Waals surface area contributed by atoms with Crippen molar-refractivity contribution in [1.82, 2.24) is 14.7 Å². The molecule has 1 saturated heterocycles. The Morgan fingerprint density at radius 1 is 1.32 bits per heavy atom. The lowest BCUT2D eigenvalue weighted by Crippen LogP contribution is -2.30. The Labute approximate surface area is 148 Å². The quantitative estimate of drug-likeness (QED) is 0.808. The second kappa shape index (κ2) is 7.70. The van der Waals surface area contributed by atoms with E-state index in [1.165, 1.54) is 5.56 Å².